The first kappa shape index (κ1) is 22.4. The molecule has 0 aromatic heterocycles. The van der Waals surface area contributed by atoms with Gasteiger partial charge in [-0.2, -0.15) is 23.4 Å². The lowest BCUT2D eigenvalue weighted by atomic mass is 10.0. The summed E-state index contributed by atoms with van der Waals surface area (Å²) < 4.78 is 39.2. The van der Waals surface area contributed by atoms with Gasteiger partial charge in [0, 0.05) is 38.3 Å². The minimum absolute atomic E-state index is 0.0967. The zero-order valence-electron chi connectivity index (χ0n) is 18.7. The lowest BCUT2D eigenvalue weighted by Crippen LogP contribution is -2.55. The Morgan fingerprint density at radius 3 is 2.41 bits per heavy atom. The quantitative estimate of drug-likeness (QED) is 0.687. The molecule has 0 saturated carbocycles. The third-order valence-corrected chi connectivity index (χ3v) is 6.40. The van der Waals surface area contributed by atoms with E-state index in [0.717, 1.165) is 17.3 Å². The minimum atomic E-state index is -4.36. The van der Waals surface area contributed by atoms with Crippen molar-refractivity contribution in [3.8, 4) is 0 Å². The maximum Gasteiger partial charge on any atom is 0.416 e. The molecule has 2 aromatic carbocycles. The maximum atomic E-state index is 13.2. The van der Waals surface area contributed by atoms with Crippen molar-refractivity contribution in [2.45, 2.75) is 25.6 Å². The maximum absolute atomic E-state index is 13.2. The van der Waals surface area contributed by atoms with Crippen LogP contribution in [-0.2, 0) is 11.0 Å². The summed E-state index contributed by atoms with van der Waals surface area (Å²) in [4.78, 5) is 17.2. The Bertz CT molecular complexity index is 1130. The molecule has 3 aliphatic rings. The van der Waals surface area contributed by atoms with Crippen LogP contribution in [0.4, 0.5) is 18.9 Å². The molecule has 0 aliphatic carbocycles. The SMILES string of the molecule is CC1=NN(CN2CCN(c3cccc(C(F)(F)F)c3)CC2)C(=O)C2CC(c3ccccc3)=NN12. The monoisotopic (exact) mass is 470 g/mol. The average Bonchev–Trinajstić information content (AvgIpc) is 3.30. The summed E-state index contributed by atoms with van der Waals surface area (Å²) in [6.45, 7) is 4.57. The highest BCUT2D eigenvalue weighted by molar-refractivity contribution is 6.07. The Balaban J connectivity index is 1.21. The molecule has 5 rings (SSSR count). The second kappa shape index (κ2) is 8.75. The number of hydrazone groups is 2. The van der Waals surface area contributed by atoms with E-state index in [0.29, 0.717) is 50.8 Å². The summed E-state index contributed by atoms with van der Waals surface area (Å²) in [5.74, 6) is 0.568. The molecular formula is C24H25F3N6O. The number of halogens is 3. The van der Waals surface area contributed by atoms with Crippen molar-refractivity contribution in [3.05, 3.63) is 65.7 Å². The molecule has 0 bridgehead atoms. The first-order chi connectivity index (χ1) is 16.3. The van der Waals surface area contributed by atoms with Crippen LogP contribution in [0, 0.1) is 0 Å². The molecule has 0 radical (unpaired) electrons. The van der Waals surface area contributed by atoms with Crippen LogP contribution in [0.2, 0.25) is 0 Å². The number of hydrogen-bond donors (Lipinski definition) is 0. The number of amides is 1. The molecule has 1 unspecified atom stereocenters. The van der Waals surface area contributed by atoms with Gasteiger partial charge in [0.15, 0.2) is 0 Å². The molecule has 1 amide bonds. The van der Waals surface area contributed by atoms with Crippen molar-refractivity contribution in [1.29, 1.82) is 0 Å². The van der Waals surface area contributed by atoms with Crippen LogP contribution in [0.25, 0.3) is 0 Å². The average molecular weight is 470 g/mol. The van der Waals surface area contributed by atoms with Gasteiger partial charge in [-0.15, -0.1) is 0 Å². The predicted molar refractivity (Wildman–Crippen MR) is 123 cm³/mol. The standard InChI is InChI=1S/C24H25F3N6O/c1-17-28-32(23(34)22-15-21(29-33(17)22)18-6-3-2-4-7-18)16-30-10-12-31(13-11-30)20-9-5-8-19(14-20)24(25,26)27/h2-9,14,22H,10-13,15-16H2,1H3. The fourth-order valence-corrected chi connectivity index (χ4v) is 4.57. The van der Waals surface area contributed by atoms with Crippen LogP contribution >= 0.6 is 0 Å². The van der Waals surface area contributed by atoms with Gasteiger partial charge in [0.2, 0.25) is 0 Å². The molecule has 0 N–H and O–H groups in total. The Morgan fingerprint density at radius 1 is 0.971 bits per heavy atom. The molecule has 1 atom stereocenters. The van der Waals surface area contributed by atoms with E-state index in [4.69, 9.17) is 0 Å². The minimum Gasteiger partial charge on any atom is -0.369 e. The first-order valence-corrected chi connectivity index (χ1v) is 11.2. The van der Waals surface area contributed by atoms with Gasteiger partial charge in [0.05, 0.1) is 17.9 Å². The number of benzene rings is 2. The number of hydrogen-bond acceptors (Lipinski definition) is 6. The van der Waals surface area contributed by atoms with Crippen LogP contribution in [0.15, 0.2) is 64.8 Å². The fourth-order valence-electron chi connectivity index (χ4n) is 4.57. The topological polar surface area (TPSA) is 54.8 Å². The molecule has 3 aliphatic heterocycles. The van der Waals surface area contributed by atoms with Crippen molar-refractivity contribution in [2.75, 3.05) is 37.7 Å². The highest BCUT2D eigenvalue weighted by Gasteiger charge is 2.41. The molecule has 0 spiro atoms. The van der Waals surface area contributed by atoms with Crippen molar-refractivity contribution < 1.29 is 18.0 Å². The zero-order chi connectivity index (χ0) is 23.9. The Kier molecular flexibility index (Phi) is 5.76. The number of piperazine rings is 1. The number of carbonyl (C=O) groups is 1. The van der Waals surface area contributed by atoms with Crippen LogP contribution in [0.5, 0.6) is 0 Å². The molecule has 2 aromatic rings. The van der Waals surface area contributed by atoms with Gasteiger partial charge in [-0.05, 0) is 30.7 Å². The van der Waals surface area contributed by atoms with E-state index in [9.17, 15) is 18.0 Å². The van der Waals surface area contributed by atoms with Gasteiger partial charge in [-0.25, -0.2) is 10.0 Å². The molecule has 3 heterocycles. The van der Waals surface area contributed by atoms with E-state index < -0.39 is 17.8 Å². The van der Waals surface area contributed by atoms with Gasteiger partial charge < -0.3 is 4.90 Å². The molecule has 1 fully saturated rings. The summed E-state index contributed by atoms with van der Waals surface area (Å²) >= 11 is 0. The van der Waals surface area contributed by atoms with Gasteiger partial charge in [-0.3, -0.25) is 9.69 Å². The van der Waals surface area contributed by atoms with Crippen molar-refractivity contribution in [2.24, 2.45) is 10.2 Å². The zero-order valence-corrected chi connectivity index (χ0v) is 18.7. The van der Waals surface area contributed by atoms with E-state index in [2.05, 4.69) is 15.1 Å². The number of fused-ring (bicyclic) bond motifs is 1. The van der Waals surface area contributed by atoms with Crippen LogP contribution in [0.3, 0.4) is 0 Å². The summed E-state index contributed by atoms with van der Waals surface area (Å²) in [6, 6.07) is 14.8. The number of nitrogens with zero attached hydrogens (tertiary/aromatic N) is 6. The molecular weight excluding hydrogens is 445 g/mol. The smallest absolute Gasteiger partial charge is 0.369 e. The second-order valence-electron chi connectivity index (χ2n) is 8.66. The van der Waals surface area contributed by atoms with Gasteiger partial charge in [-0.1, -0.05) is 36.4 Å². The Labute approximate surface area is 195 Å². The van der Waals surface area contributed by atoms with E-state index in [1.807, 2.05) is 42.2 Å². The number of carbonyl (C=O) groups excluding carboxylic acids is 1. The van der Waals surface area contributed by atoms with E-state index >= 15 is 0 Å². The van der Waals surface area contributed by atoms with E-state index in [1.165, 1.54) is 17.1 Å². The number of anilines is 1. The second-order valence-corrected chi connectivity index (χ2v) is 8.66. The lowest BCUT2D eigenvalue weighted by Gasteiger charge is -2.39. The summed E-state index contributed by atoms with van der Waals surface area (Å²) in [5.41, 5.74) is 1.78. The summed E-state index contributed by atoms with van der Waals surface area (Å²) in [7, 11) is 0. The first-order valence-electron chi connectivity index (χ1n) is 11.2. The molecule has 1 saturated heterocycles. The molecule has 34 heavy (non-hydrogen) atoms. The Hall–Kier alpha value is -3.40. The third-order valence-electron chi connectivity index (χ3n) is 6.40. The lowest BCUT2D eigenvalue weighted by molar-refractivity contribution is -0.139. The van der Waals surface area contributed by atoms with Gasteiger partial charge in [0.1, 0.15) is 11.9 Å². The van der Waals surface area contributed by atoms with Crippen LogP contribution in [-0.4, -0.2) is 71.3 Å². The largest absolute Gasteiger partial charge is 0.416 e. The predicted octanol–water partition coefficient (Wildman–Crippen LogP) is 3.44. The molecule has 7 nitrogen and oxygen atoms in total. The molecule has 10 heteroatoms. The molecule has 178 valence electrons. The highest BCUT2D eigenvalue weighted by atomic mass is 19.4. The number of alkyl halides is 3. The van der Waals surface area contributed by atoms with E-state index in [1.54, 1.807) is 11.1 Å². The van der Waals surface area contributed by atoms with Crippen molar-refractivity contribution in [3.63, 3.8) is 0 Å². The highest BCUT2D eigenvalue weighted by Crippen LogP contribution is 2.32. The fraction of sp³-hybridized carbons (Fsp3) is 0.375. The number of amidine groups is 1. The van der Waals surface area contributed by atoms with Crippen LogP contribution < -0.4 is 4.90 Å². The summed E-state index contributed by atoms with van der Waals surface area (Å²) in [5, 5.41) is 12.3. The van der Waals surface area contributed by atoms with Crippen molar-refractivity contribution in [1.82, 2.24) is 14.9 Å². The third kappa shape index (κ3) is 4.37. The van der Waals surface area contributed by atoms with E-state index in [-0.39, 0.29) is 5.91 Å². The van der Waals surface area contributed by atoms with Crippen molar-refractivity contribution >= 4 is 23.1 Å². The Morgan fingerprint density at radius 2 is 1.71 bits per heavy atom. The number of rotatable bonds is 4. The normalized spacial score (nSPS) is 21.5. The van der Waals surface area contributed by atoms with Gasteiger partial charge in [0.25, 0.3) is 5.91 Å². The van der Waals surface area contributed by atoms with Crippen LogP contribution in [0.1, 0.15) is 24.5 Å². The summed E-state index contributed by atoms with van der Waals surface area (Å²) in [6.07, 6.45) is -3.84. The van der Waals surface area contributed by atoms with Gasteiger partial charge >= 0.3 is 6.18 Å².